The smallest absolute Gasteiger partial charge is 0.269 e. The number of hydrogen-bond donors (Lipinski definition) is 2. The van der Waals surface area contributed by atoms with Crippen molar-refractivity contribution in [3.05, 3.63) is 74.3 Å². The second kappa shape index (κ2) is 9.33. The molecule has 26 heavy (non-hydrogen) atoms. The summed E-state index contributed by atoms with van der Waals surface area (Å²) in [6.45, 7) is 0.426. The number of aryl methyl sites for hydroxylation is 1. The molecule has 0 radical (unpaired) electrons. The molecule has 140 valence electrons. The van der Waals surface area contributed by atoms with E-state index in [1.807, 2.05) is 18.2 Å². The molecular weight excluding hydrogens is 375 g/mol. The van der Waals surface area contributed by atoms with E-state index in [-0.39, 0.29) is 29.1 Å². The van der Waals surface area contributed by atoms with Gasteiger partial charge in [0.05, 0.1) is 11.0 Å². The van der Waals surface area contributed by atoms with E-state index in [1.165, 1.54) is 5.56 Å². The quantitative estimate of drug-likeness (QED) is 0.450. The highest BCUT2D eigenvalue weighted by molar-refractivity contribution is 6.30. The lowest BCUT2D eigenvalue weighted by Gasteiger charge is -2.20. The van der Waals surface area contributed by atoms with Crippen LogP contribution in [0.15, 0.2) is 42.5 Å². The fraction of sp³-hybridized carbons (Fsp3) is 0.368. The number of benzene rings is 2. The number of non-ortho nitro benzene ring substituents is 1. The second-order valence-electron chi connectivity index (χ2n) is 6.48. The van der Waals surface area contributed by atoms with Crippen molar-refractivity contribution in [1.29, 1.82) is 0 Å². The molecule has 3 rings (SSSR count). The summed E-state index contributed by atoms with van der Waals surface area (Å²) in [6, 6.07) is 12.5. The van der Waals surface area contributed by atoms with Gasteiger partial charge in [-0.05, 0) is 54.5 Å². The summed E-state index contributed by atoms with van der Waals surface area (Å²) >= 11 is 5.97. The summed E-state index contributed by atoms with van der Waals surface area (Å²) in [5, 5.41) is 25.4. The summed E-state index contributed by atoms with van der Waals surface area (Å²) < 4.78 is 0. The Balaban J connectivity index is 0.00000243. The Morgan fingerprint density at radius 2 is 2.08 bits per heavy atom. The van der Waals surface area contributed by atoms with E-state index >= 15 is 0 Å². The molecular formula is C19H22Cl2N2O3. The Kier molecular flexibility index (Phi) is 7.41. The molecule has 2 aromatic carbocycles. The van der Waals surface area contributed by atoms with Crippen molar-refractivity contribution in [2.45, 2.75) is 37.8 Å². The number of hydrogen-bond acceptors (Lipinski definition) is 4. The number of fused-ring (bicyclic) bond motifs is 1. The number of halogens is 2. The average molecular weight is 397 g/mol. The standard InChI is InChI=1S/C19H21ClN2O3.ClH/c20-16-5-1-4-14(9-16)19(23)12-21-17-6-2-3-13-7-8-18(22(24)25)11-15(13)10-17;/h1,4-5,7-9,11,17,19,21,23H,2-3,6,10,12H2;1H/t17?,19-;/m0./s1. The average Bonchev–Trinajstić information content (AvgIpc) is 2.80. The van der Waals surface area contributed by atoms with Gasteiger partial charge in [0.2, 0.25) is 0 Å². The first-order valence-electron chi connectivity index (χ1n) is 8.46. The topological polar surface area (TPSA) is 75.4 Å². The summed E-state index contributed by atoms with van der Waals surface area (Å²) in [4.78, 5) is 10.6. The van der Waals surface area contributed by atoms with Crippen molar-refractivity contribution in [2.75, 3.05) is 6.54 Å². The van der Waals surface area contributed by atoms with E-state index in [4.69, 9.17) is 11.6 Å². The zero-order chi connectivity index (χ0) is 17.8. The molecule has 0 saturated heterocycles. The third kappa shape index (κ3) is 5.17. The number of nitro groups is 1. The first-order valence-corrected chi connectivity index (χ1v) is 8.84. The molecule has 0 aromatic heterocycles. The van der Waals surface area contributed by atoms with Crippen molar-refractivity contribution >= 4 is 29.7 Å². The fourth-order valence-electron chi connectivity index (χ4n) is 3.35. The largest absolute Gasteiger partial charge is 0.387 e. The van der Waals surface area contributed by atoms with Gasteiger partial charge in [-0.15, -0.1) is 12.4 Å². The molecule has 0 bridgehead atoms. The molecule has 0 saturated carbocycles. The van der Waals surface area contributed by atoms with Crippen molar-refractivity contribution in [3.63, 3.8) is 0 Å². The summed E-state index contributed by atoms with van der Waals surface area (Å²) in [6.07, 6.45) is 3.04. The van der Waals surface area contributed by atoms with E-state index in [2.05, 4.69) is 5.32 Å². The van der Waals surface area contributed by atoms with Crippen molar-refractivity contribution in [3.8, 4) is 0 Å². The Labute approximate surface area is 163 Å². The minimum Gasteiger partial charge on any atom is -0.387 e. The van der Waals surface area contributed by atoms with Crippen LogP contribution in [0.3, 0.4) is 0 Å². The molecule has 2 N–H and O–H groups in total. The second-order valence-corrected chi connectivity index (χ2v) is 6.92. The zero-order valence-electron chi connectivity index (χ0n) is 14.2. The first kappa shape index (κ1) is 20.6. The maximum atomic E-state index is 11.0. The monoisotopic (exact) mass is 396 g/mol. The molecule has 0 fully saturated rings. The van der Waals surface area contributed by atoms with Gasteiger partial charge in [0.25, 0.3) is 5.69 Å². The van der Waals surface area contributed by atoms with E-state index in [0.29, 0.717) is 11.6 Å². The lowest BCUT2D eigenvalue weighted by molar-refractivity contribution is -0.384. The van der Waals surface area contributed by atoms with Crippen LogP contribution in [0.4, 0.5) is 5.69 Å². The summed E-state index contributed by atoms with van der Waals surface area (Å²) in [5.41, 5.74) is 3.13. The third-order valence-electron chi connectivity index (χ3n) is 4.70. The van der Waals surface area contributed by atoms with Crippen molar-refractivity contribution in [2.24, 2.45) is 0 Å². The lowest BCUT2D eigenvalue weighted by atomic mass is 10.0. The van der Waals surface area contributed by atoms with E-state index in [9.17, 15) is 15.2 Å². The Morgan fingerprint density at radius 3 is 2.81 bits per heavy atom. The minimum absolute atomic E-state index is 0. The van der Waals surface area contributed by atoms with Crippen LogP contribution in [0.1, 0.15) is 35.6 Å². The third-order valence-corrected chi connectivity index (χ3v) is 4.93. The van der Waals surface area contributed by atoms with Gasteiger partial charge < -0.3 is 10.4 Å². The van der Waals surface area contributed by atoms with Gasteiger partial charge in [-0.3, -0.25) is 10.1 Å². The predicted molar refractivity (Wildman–Crippen MR) is 105 cm³/mol. The maximum absolute atomic E-state index is 11.0. The van der Waals surface area contributed by atoms with Crippen LogP contribution in [0.25, 0.3) is 0 Å². The molecule has 2 atom stereocenters. The molecule has 2 aromatic rings. The predicted octanol–water partition coefficient (Wildman–Crippen LogP) is 4.24. The van der Waals surface area contributed by atoms with Crippen LogP contribution in [0.5, 0.6) is 0 Å². The van der Waals surface area contributed by atoms with Crippen LogP contribution in [0.2, 0.25) is 5.02 Å². The number of rotatable bonds is 5. The van der Waals surface area contributed by atoms with Gasteiger partial charge >= 0.3 is 0 Å². The molecule has 1 aliphatic rings. The van der Waals surface area contributed by atoms with Crippen molar-refractivity contribution in [1.82, 2.24) is 5.32 Å². The van der Waals surface area contributed by atoms with Crippen LogP contribution < -0.4 is 5.32 Å². The fourth-order valence-corrected chi connectivity index (χ4v) is 3.55. The maximum Gasteiger partial charge on any atom is 0.269 e. The number of nitrogens with one attached hydrogen (secondary N) is 1. The Morgan fingerprint density at radius 1 is 1.27 bits per heavy atom. The van der Waals surface area contributed by atoms with Gasteiger partial charge in [0.1, 0.15) is 0 Å². The van der Waals surface area contributed by atoms with Gasteiger partial charge in [-0.25, -0.2) is 0 Å². The Hall–Kier alpha value is -1.66. The van der Waals surface area contributed by atoms with Crippen LogP contribution in [0, 0.1) is 10.1 Å². The normalized spacial score (nSPS) is 17.5. The molecule has 1 unspecified atom stereocenters. The summed E-state index contributed by atoms with van der Waals surface area (Å²) in [7, 11) is 0. The van der Waals surface area contributed by atoms with E-state index < -0.39 is 6.10 Å². The highest BCUT2D eigenvalue weighted by atomic mass is 35.5. The SMILES string of the molecule is Cl.O=[N+]([O-])c1ccc2c(c1)CC(NC[C@H](O)c1cccc(Cl)c1)CCC2. The molecule has 7 heteroatoms. The molecule has 0 amide bonds. The highest BCUT2D eigenvalue weighted by Crippen LogP contribution is 2.25. The van der Waals surface area contributed by atoms with Crippen molar-refractivity contribution < 1.29 is 10.0 Å². The van der Waals surface area contributed by atoms with Gasteiger partial charge in [0.15, 0.2) is 0 Å². The van der Waals surface area contributed by atoms with Crippen LogP contribution in [-0.4, -0.2) is 22.6 Å². The van der Waals surface area contributed by atoms with Gasteiger partial charge in [-0.1, -0.05) is 29.8 Å². The van der Waals surface area contributed by atoms with E-state index in [0.717, 1.165) is 36.8 Å². The number of aliphatic hydroxyl groups is 1. The number of aliphatic hydroxyl groups excluding tert-OH is 1. The summed E-state index contributed by atoms with van der Waals surface area (Å²) in [5.74, 6) is 0. The highest BCUT2D eigenvalue weighted by Gasteiger charge is 2.20. The molecule has 0 spiro atoms. The molecule has 1 aliphatic carbocycles. The first-order chi connectivity index (χ1) is 12.0. The molecule has 0 aliphatic heterocycles. The number of nitrogens with zero attached hydrogens (tertiary/aromatic N) is 1. The zero-order valence-corrected chi connectivity index (χ0v) is 15.8. The molecule has 5 nitrogen and oxygen atoms in total. The van der Waals surface area contributed by atoms with Gasteiger partial charge in [-0.2, -0.15) is 0 Å². The van der Waals surface area contributed by atoms with Crippen LogP contribution in [-0.2, 0) is 12.8 Å². The Bertz CT molecular complexity index is 770. The number of nitro benzene ring substituents is 1. The van der Waals surface area contributed by atoms with Crippen LogP contribution >= 0.6 is 24.0 Å². The molecule has 0 heterocycles. The lowest BCUT2D eigenvalue weighted by Crippen LogP contribution is -2.34. The van der Waals surface area contributed by atoms with E-state index in [1.54, 1.807) is 24.3 Å². The minimum atomic E-state index is -0.633. The van der Waals surface area contributed by atoms with Gasteiger partial charge in [0, 0.05) is 29.7 Å².